The average Bonchev–Trinajstić information content (AvgIpc) is 2.32. The van der Waals surface area contributed by atoms with E-state index in [1.54, 1.807) is 6.92 Å². The lowest BCUT2D eigenvalue weighted by Crippen LogP contribution is -2.04. The minimum Gasteiger partial charge on any atom is -0.295 e. The van der Waals surface area contributed by atoms with Gasteiger partial charge in [-0.1, -0.05) is 0 Å². The molecule has 1 rings (SSSR count). The van der Waals surface area contributed by atoms with Gasteiger partial charge in [-0.25, -0.2) is 0 Å². The zero-order valence-electron chi connectivity index (χ0n) is 12.9. The van der Waals surface area contributed by atoms with Gasteiger partial charge in [0.15, 0.2) is 5.78 Å². The summed E-state index contributed by atoms with van der Waals surface area (Å²) in [6.45, 7) is 16.4. The fourth-order valence-electron chi connectivity index (χ4n) is 2.51. The van der Waals surface area contributed by atoms with Crippen LogP contribution in [0.25, 0.3) is 5.57 Å². The summed E-state index contributed by atoms with van der Waals surface area (Å²) in [5, 5.41) is 0. The third-order valence-corrected chi connectivity index (χ3v) is 4.47. The van der Waals surface area contributed by atoms with Crippen molar-refractivity contribution in [2.45, 2.75) is 55.4 Å². The molecule has 1 aromatic carbocycles. The molecule has 0 unspecified atom stereocenters. The normalized spacial score (nSPS) is 12.4. The predicted molar refractivity (Wildman–Crippen MR) is 79.1 cm³/mol. The van der Waals surface area contributed by atoms with Crippen LogP contribution in [-0.2, 0) is 4.79 Å². The molecule has 0 spiro atoms. The molecule has 0 bridgehead atoms. The van der Waals surface area contributed by atoms with E-state index in [0.29, 0.717) is 0 Å². The predicted octanol–water partition coefficient (Wildman–Crippen LogP) is 4.61. The third kappa shape index (κ3) is 2.27. The van der Waals surface area contributed by atoms with E-state index in [2.05, 4.69) is 41.5 Å². The molecule has 0 aliphatic carbocycles. The highest BCUT2D eigenvalue weighted by Crippen LogP contribution is 2.32. The van der Waals surface area contributed by atoms with E-state index in [1.165, 1.54) is 33.4 Å². The van der Waals surface area contributed by atoms with E-state index in [9.17, 15) is 4.79 Å². The number of hydrogen-bond acceptors (Lipinski definition) is 1. The number of ketones is 1. The van der Waals surface area contributed by atoms with Crippen molar-refractivity contribution < 1.29 is 4.79 Å². The zero-order valence-corrected chi connectivity index (χ0v) is 12.9. The van der Waals surface area contributed by atoms with Crippen molar-refractivity contribution in [3.63, 3.8) is 0 Å². The summed E-state index contributed by atoms with van der Waals surface area (Å²) in [5.74, 6) is 0.155. The van der Waals surface area contributed by atoms with Crippen LogP contribution in [0.3, 0.4) is 0 Å². The summed E-state index contributed by atoms with van der Waals surface area (Å²) in [4.78, 5) is 11.6. The topological polar surface area (TPSA) is 17.1 Å². The van der Waals surface area contributed by atoms with Crippen molar-refractivity contribution in [3.8, 4) is 0 Å². The van der Waals surface area contributed by atoms with Crippen molar-refractivity contribution in [2.75, 3.05) is 0 Å². The lowest BCUT2D eigenvalue weighted by Gasteiger charge is -2.20. The summed E-state index contributed by atoms with van der Waals surface area (Å²) in [7, 11) is 0. The largest absolute Gasteiger partial charge is 0.295 e. The quantitative estimate of drug-likeness (QED) is 0.694. The molecule has 0 aliphatic heterocycles. The van der Waals surface area contributed by atoms with Crippen molar-refractivity contribution in [1.82, 2.24) is 0 Å². The van der Waals surface area contributed by atoms with Crippen LogP contribution in [0.1, 0.15) is 54.2 Å². The van der Waals surface area contributed by atoms with Gasteiger partial charge in [-0.15, -0.1) is 0 Å². The van der Waals surface area contributed by atoms with E-state index in [-0.39, 0.29) is 5.78 Å². The first-order chi connectivity index (χ1) is 8.20. The average molecular weight is 244 g/mol. The molecule has 1 aromatic rings. The third-order valence-electron chi connectivity index (χ3n) is 4.47. The maximum absolute atomic E-state index is 11.6. The van der Waals surface area contributed by atoms with Gasteiger partial charge in [0.1, 0.15) is 0 Å². The minimum atomic E-state index is 0.155. The van der Waals surface area contributed by atoms with Gasteiger partial charge in [0.05, 0.1) is 0 Å². The number of rotatable bonds is 2. The standard InChI is InChI=1S/C17H24O/c1-9-10(2)13(5)17(14(6)11(9)3)15(7)12(4)16(8)18/h1-8H3/b15-12+. The number of hydrogen-bond donors (Lipinski definition) is 0. The number of carbonyl (C=O) groups excluding carboxylic acids is 1. The van der Waals surface area contributed by atoms with Crippen molar-refractivity contribution >= 4 is 11.4 Å². The smallest absolute Gasteiger partial charge is 0.155 e. The van der Waals surface area contributed by atoms with E-state index in [4.69, 9.17) is 0 Å². The first-order valence-electron chi connectivity index (χ1n) is 6.45. The number of carbonyl (C=O) groups is 1. The van der Waals surface area contributed by atoms with Gasteiger partial charge in [0.25, 0.3) is 0 Å². The van der Waals surface area contributed by atoms with Gasteiger partial charge < -0.3 is 0 Å². The van der Waals surface area contributed by atoms with Gasteiger partial charge >= 0.3 is 0 Å². The summed E-state index contributed by atoms with van der Waals surface area (Å²) in [6.07, 6.45) is 0. The zero-order chi connectivity index (χ0) is 14.2. The maximum atomic E-state index is 11.6. The van der Waals surface area contributed by atoms with E-state index >= 15 is 0 Å². The van der Waals surface area contributed by atoms with Gasteiger partial charge in [-0.2, -0.15) is 0 Å². The number of Topliss-reactive ketones (excluding diaryl/α,β-unsaturated/α-hetero) is 1. The number of allylic oxidation sites excluding steroid dienone is 2. The SMILES string of the molecule is CC(=O)/C(C)=C(\C)c1c(C)c(C)c(C)c(C)c1C. The van der Waals surface area contributed by atoms with Gasteiger partial charge in [-0.05, 0) is 99.9 Å². The van der Waals surface area contributed by atoms with Gasteiger partial charge in [-0.3, -0.25) is 4.79 Å². The summed E-state index contributed by atoms with van der Waals surface area (Å²) >= 11 is 0. The Bertz CT molecular complexity index is 516. The molecule has 98 valence electrons. The molecule has 0 saturated carbocycles. The molecule has 0 N–H and O–H groups in total. The summed E-state index contributed by atoms with van der Waals surface area (Å²) < 4.78 is 0. The van der Waals surface area contributed by atoms with Crippen molar-refractivity contribution in [1.29, 1.82) is 0 Å². The second-order valence-electron chi connectivity index (χ2n) is 5.31. The molecule has 1 nitrogen and oxygen atoms in total. The van der Waals surface area contributed by atoms with Crippen LogP contribution in [0.2, 0.25) is 0 Å². The minimum absolute atomic E-state index is 0.155. The highest BCUT2D eigenvalue weighted by Gasteiger charge is 2.15. The number of benzene rings is 1. The monoisotopic (exact) mass is 244 g/mol. The molecule has 0 fully saturated rings. The summed E-state index contributed by atoms with van der Waals surface area (Å²) in [5.41, 5.74) is 9.87. The molecule has 0 amide bonds. The van der Waals surface area contributed by atoms with E-state index in [0.717, 1.165) is 11.1 Å². The van der Waals surface area contributed by atoms with Crippen LogP contribution in [0, 0.1) is 34.6 Å². The van der Waals surface area contributed by atoms with Crippen LogP contribution in [0.5, 0.6) is 0 Å². The molecule has 0 atom stereocenters. The first kappa shape index (κ1) is 14.7. The molecule has 0 aliphatic rings. The Hall–Kier alpha value is -1.37. The Labute approximate surface area is 111 Å². The van der Waals surface area contributed by atoms with E-state index in [1.807, 2.05) is 6.92 Å². The molecule has 0 heterocycles. The fourth-order valence-corrected chi connectivity index (χ4v) is 2.51. The van der Waals surface area contributed by atoms with Crippen LogP contribution in [0.4, 0.5) is 0 Å². The second-order valence-corrected chi connectivity index (χ2v) is 5.31. The van der Waals surface area contributed by atoms with Crippen LogP contribution in [0.15, 0.2) is 5.57 Å². The lowest BCUT2D eigenvalue weighted by molar-refractivity contribution is -0.113. The van der Waals surface area contributed by atoms with Crippen LogP contribution < -0.4 is 0 Å². The highest BCUT2D eigenvalue weighted by molar-refractivity contribution is 6.00. The van der Waals surface area contributed by atoms with Gasteiger partial charge in [0, 0.05) is 0 Å². The lowest BCUT2D eigenvalue weighted by atomic mass is 9.85. The molecule has 0 saturated heterocycles. The Morgan fingerprint density at radius 3 is 1.33 bits per heavy atom. The molecule has 18 heavy (non-hydrogen) atoms. The fraction of sp³-hybridized carbons (Fsp3) is 0.471. The highest BCUT2D eigenvalue weighted by atomic mass is 16.1. The van der Waals surface area contributed by atoms with E-state index < -0.39 is 0 Å². The Morgan fingerprint density at radius 1 is 0.667 bits per heavy atom. The second kappa shape index (κ2) is 5.09. The van der Waals surface area contributed by atoms with Crippen LogP contribution >= 0.6 is 0 Å². The van der Waals surface area contributed by atoms with Crippen molar-refractivity contribution in [2.24, 2.45) is 0 Å². The van der Waals surface area contributed by atoms with Crippen molar-refractivity contribution in [3.05, 3.63) is 39.0 Å². The Morgan fingerprint density at radius 2 is 1.00 bits per heavy atom. The summed E-state index contributed by atoms with van der Waals surface area (Å²) in [6, 6.07) is 0. The maximum Gasteiger partial charge on any atom is 0.155 e. The van der Waals surface area contributed by atoms with Crippen LogP contribution in [-0.4, -0.2) is 5.78 Å². The molecule has 1 heteroatoms. The molecular formula is C17H24O. The first-order valence-corrected chi connectivity index (χ1v) is 6.45. The Balaban J connectivity index is 3.73. The molecule has 0 radical (unpaired) electrons. The van der Waals surface area contributed by atoms with Gasteiger partial charge in [0.2, 0.25) is 0 Å². The Kier molecular flexibility index (Phi) is 4.16. The molecule has 0 aromatic heterocycles. The molecular weight excluding hydrogens is 220 g/mol.